The predicted octanol–water partition coefficient (Wildman–Crippen LogP) is 1.59. The summed E-state index contributed by atoms with van der Waals surface area (Å²) in [4.78, 5) is 13.8. The summed E-state index contributed by atoms with van der Waals surface area (Å²) >= 11 is 0. The number of nitrogens with two attached hydrogens (primary N) is 1. The van der Waals surface area contributed by atoms with Crippen LogP contribution in [0.5, 0.6) is 0 Å². The SMILES string of the molecule is CCN(CCC(N)=NO)C(=O)c1ccc(C)cc1. The minimum absolute atomic E-state index is 0.0387. The highest BCUT2D eigenvalue weighted by Crippen LogP contribution is 2.07. The van der Waals surface area contributed by atoms with Gasteiger partial charge in [-0.3, -0.25) is 4.79 Å². The van der Waals surface area contributed by atoms with Crippen LogP contribution >= 0.6 is 0 Å². The molecule has 0 aliphatic rings. The van der Waals surface area contributed by atoms with Gasteiger partial charge < -0.3 is 15.8 Å². The zero-order valence-corrected chi connectivity index (χ0v) is 10.8. The lowest BCUT2D eigenvalue weighted by Crippen LogP contribution is -2.33. The molecule has 0 aliphatic heterocycles. The van der Waals surface area contributed by atoms with Gasteiger partial charge in [0, 0.05) is 25.1 Å². The number of aryl methyl sites for hydroxylation is 1. The molecule has 0 saturated carbocycles. The third kappa shape index (κ3) is 3.76. The highest BCUT2D eigenvalue weighted by atomic mass is 16.4. The van der Waals surface area contributed by atoms with Crippen molar-refractivity contribution in [2.75, 3.05) is 13.1 Å². The van der Waals surface area contributed by atoms with Crippen molar-refractivity contribution >= 4 is 11.7 Å². The molecule has 0 saturated heterocycles. The molecule has 0 heterocycles. The van der Waals surface area contributed by atoms with Gasteiger partial charge in [-0.2, -0.15) is 0 Å². The Kier molecular flexibility index (Phi) is 5.17. The molecule has 3 N–H and O–H groups in total. The van der Waals surface area contributed by atoms with Gasteiger partial charge in [0.25, 0.3) is 5.91 Å². The van der Waals surface area contributed by atoms with E-state index in [-0.39, 0.29) is 11.7 Å². The number of rotatable bonds is 5. The molecule has 0 aliphatic carbocycles. The summed E-state index contributed by atoms with van der Waals surface area (Å²) < 4.78 is 0. The fourth-order valence-corrected chi connectivity index (χ4v) is 1.58. The molecule has 5 heteroatoms. The summed E-state index contributed by atoms with van der Waals surface area (Å²) in [6.07, 6.45) is 0.363. The van der Waals surface area contributed by atoms with Crippen LogP contribution in [0.2, 0.25) is 0 Å². The standard InChI is InChI=1S/C13H19N3O2/c1-3-16(9-8-12(14)15-18)13(17)11-6-4-10(2)5-7-11/h4-7,18H,3,8-9H2,1-2H3,(H2,14,15). The second-order valence-corrected chi connectivity index (χ2v) is 4.09. The molecular weight excluding hydrogens is 230 g/mol. The van der Waals surface area contributed by atoms with Crippen LogP contribution in [0.4, 0.5) is 0 Å². The number of nitrogens with zero attached hydrogens (tertiary/aromatic N) is 2. The summed E-state index contributed by atoms with van der Waals surface area (Å²) in [5.41, 5.74) is 7.17. The van der Waals surface area contributed by atoms with E-state index in [0.29, 0.717) is 25.1 Å². The van der Waals surface area contributed by atoms with Crippen LogP contribution < -0.4 is 5.73 Å². The van der Waals surface area contributed by atoms with Gasteiger partial charge in [-0.1, -0.05) is 22.9 Å². The van der Waals surface area contributed by atoms with E-state index in [4.69, 9.17) is 10.9 Å². The average molecular weight is 249 g/mol. The van der Waals surface area contributed by atoms with Crippen LogP contribution in [-0.2, 0) is 0 Å². The molecule has 0 fully saturated rings. The molecule has 0 bridgehead atoms. The zero-order valence-electron chi connectivity index (χ0n) is 10.8. The molecule has 0 unspecified atom stereocenters. The molecule has 0 spiro atoms. The van der Waals surface area contributed by atoms with Gasteiger partial charge in [-0.05, 0) is 26.0 Å². The van der Waals surface area contributed by atoms with Gasteiger partial charge in [0.1, 0.15) is 5.84 Å². The number of amides is 1. The quantitative estimate of drug-likeness (QED) is 0.360. The van der Waals surface area contributed by atoms with Gasteiger partial charge >= 0.3 is 0 Å². The van der Waals surface area contributed by atoms with E-state index in [0.717, 1.165) is 5.56 Å². The maximum Gasteiger partial charge on any atom is 0.253 e. The molecule has 0 radical (unpaired) electrons. The van der Waals surface area contributed by atoms with Crippen molar-refractivity contribution in [3.05, 3.63) is 35.4 Å². The van der Waals surface area contributed by atoms with Gasteiger partial charge in [-0.25, -0.2) is 0 Å². The molecule has 0 atom stereocenters. The van der Waals surface area contributed by atoms with Crippen molar-refractivity contribution in [3.63, 3.8) is 0 Å². The van der Waals surface area contributed by atoms with Gasteiger partial charge in [-0.15, -0.1) is 0 Å². The Bertz CT molecular complexity index is 426. The molecule has 1 aromatic rings. The van der Waals surface area contributed by atoms with Gasteiger partial charge in [0.2, 0.25) is 0 Å². The minimum atomic E-state index is -0.0387. The summed E-state index contributed by atoms with van der Waals surface area (Å²) in [5.74, 6) is 0.0911. The van der Waals surface area contributed by atoms with E-state index in [1.807, 2.05) is 38.1 Å². The topological polar surface area (TPSA) is 78.9 Å². The number of carbonyl (C=O) groups is 1. The zero-order chi connectivity index (χ0) is 13.5. The van der Waals surface area contributed by atoms with E-state index < -0.39 is 0 Å². The Morgan fingerprint density at radius 2 is 2.00 bits per heavy atom. The van der Waals surface area contributed by atoms with Crippen molar-refractivity contribution in [1.29, 1.82) is 0 Å². The first-order chi connectivity index (χ1) is 8.58. The molecule has 98 valence electrons. The minimum Gasteiger partial charge on any atom is -0.409 e. The normalized spacial score (nSPS) is 11.3. The summed E-state index contributed by atoms with van der Waals surface area (Å²) in [5, 5.41) is 11.4. The smallest absolute Gasteiger partial charge is 0.253 e. The van der Waals surface area contributed by atoms with E-state index >= 15 is 0 Å². The third-order valence-electron chi connectivity index (χ3n) is 2.73. The molecule has 0 aromatic heterocycles. The van der Waals surface area contributed by atoms with Crippen molar-refractivity contribution in [2.24, 2.45) is 10.9 Å². The fraction of sp³-hybridized carbons (Fsp3) is 0.385. The Balaban J connectivity index is 2.70. The van der Waals surface area contributed by atoms with Crippen LogP contribution in [0.1, 0.15) is 29.3 Å². The Labute approximate surface area is 107 Å². The summed E-state index contributed by atoms with van der Waals surface area (Å²) in [7, 11) is 0. The molecular formula is C13H19N3O2. The molecule has 1 amide bonds. The Hall–Kier alpha value is -2.04. The van der Waals surface area contributed by atoms with Crippen LogP contribution in [0.25, 0.3) is 0 Å². The highest BCUT2D eigenvalue weighted by Gasteiger charge is 2.13. The lowest BCUT2D eigenvalue weighted by atomic mass is 10.1. The van der Waals surface area contributed by atoms with Crippen LogP contribution in [0.15, 0.2) is 29.4 Å². The summed E-state index contributed by atoms with van der Waals surface area (Å²) in [6.45, 7) is 4.91. The number of amidine groups is 1. The second kappa shape index (κ2) is 6.64. The molecule has 1 aromatic carbocycles. The maximum atomic E-state index is 12.2. The van der Waals surface area contributed by atoms with Gasteiger partial charge in [0.05, 0.1) is 0 Å². The van der Waals surface area contributed by atoms with Gasteiger partial charge in [0.15, 0.2) is 0 Å². The lowest BCUT2D eigenvalue weighted by Gasteiger charge is -2.20. The Morgan fingerprint density at radius 3 is 2.50 bits per heavy atom. The molecule has 18 heavy (non-hydrogen) atoms. The fourth-order valence-electron chi connectivity index (χ4n) is 1.58. The first kappa shape index (κ1) is 14.0. The van der Waals surface area contributed by atoms with E-state index in [1.165, 1.54) is 0 Å². The molecule has 5 nitrogen and oxygen atoms in total. The summed E-state index contributed by atoms with van der Waals surface area (Å²) in [6, 6.07) is 7.43. The first-order valence-electron chi connectivity index (χ1n) is 5.90. The van der Waals surface area contributed by atoms with Crippen molar-refractivity contribution in [2.45, 2.75) is 20.3 Å². The number of carbonyl (C=O) groups excluding carboxylic acids is 1. The predicted molar refractivity (Wildman–Crippen MR) is 70.8 cm³/mol. The number of hydrogen-bond acceptors (Lipinski definition) is 3. The van der Waals surface area contributed by atoms with Crippen LogP contribution in [0, 0.1) is 6.92 Å². The number of oxime groups is 1. The lowest BCUT2D eigenvalue weighted by molar-refractivity contribution is 0.0768. The molecule has 1 rings (SSSR count). The first-order valence-corrected chi connectivity index (χ1v) is 5.90. The van der Waals surface area contributed by atoms with Crippen molar-refractivity contribution < 1.29 is 10.0 Å². The van der Waals surface area contributed by atoms with Crippen LogP contribution in [0.3, 0.4) is 0 Å². The van der Waals surface area contributed by atoms with Crippen molar-refractivity contribution in [3.8, 4) is 0 Å². The second-order valence-electron chi connectivity index (χ2n) is 4.09. The highest BCUT2D eigenvalue weighted by molar-refractivity contribution is 5.94. The number of benzene rings is 1. The van der Waals surface area contributed by atoms with Crippen LogP contribution in [-0.4, -0.2) is 34.9 Å². The average Bonchev–Trinajstić information content (AvgIpc) is 2.39. The maximum absolute atomic E-state index is 12.2. The Morgan fingerprint density at radius 1 is 1.39 bits per heavy atom. The van der Waals surface area contributed by atoms with Crippen molar-refractivity contribution in [1.82, 2.24) is 4.90 Å². The van der Waals surface area contributed by atoms with E-state index in [9.17, 15) is 4.79 Å². The number of hydrogen-bond donors (Lipinski definition) is 2. The van der Waals surface area contributed by atoms with E-state index in [1.54, 1.807) is 4.90 Å². The monoisotopic (exact) mass is 249 g/mol. The third-order valence-corrected chi connectivity index (χ3v) is 2.73. The van der Waals surface area contributed by atoms with E-state index in [2.05, 4.69) is 5.16 Å². The largest absolute Gasteiger partial charge is 0.409 e.